The number of hydrogen-bond donors (Lipinski definition) is 2. The van der Waals surface area contributed by atoms with Crippen molar-refractivity contribution in [2.24, 2.45) is 0 Å². The number of piperidine rings is 2. The van der Waals surface area contributed by atoms with Gasteiger partial charge in [-0.2, -0.15) is 0 Å². The molecule has 2 atom stereocenters. The summed E-state index contributed by atoms with van der Waals surface area (Å²) < 4.78 is 14.8. The van der Waals surface area contributed by atoms with Gasteiger partial charge in [-0.3, -0.25) is 14.9 Å². The Kier molecular flexibility index (Phi) is 7.05. The molecule has 0 aliphatic carbocycles. The van der Waals surface area contributed by atoms with Crippen LogP contribution in [0, 0.1) is 5.82 Å². The lowest BCUT2D eigenvalue weighted by Gasteiger charge is -2.37. The third-order valence-electron chi connectivity index (χ3n) is 6.16. The van der Waals surface area contributed by atoms with E-state index in [9.17, 15) is 14.0 Å². The molecular weight excluding hydrogens is 357 g/mol. The molecule has 2 heterocycles. The quantitative estimate of drug-likeness (QED) is 0.678. The molecule has 2 saturated heterocycles. The van der Waals surface area contributed by atoms with Crippen LogP contribution in [-0.2, 0) is 9.59 Å². The first-order chi connectivity index (χ1) is 13.5. The van der Waals surface area contributed by atoms with E-state index < -0.39 is 6.04 Å². The fraction of sp³-hybridized carbons (Fsp3) is 0.636. The van der Waals surface area contributed by atoms with Gasteiger partial charge in [0.15, 0.2) is 0 Å². The Bertz CT molecular complexity index is 712. The summed E-state index contributed by atoms with van der Waals surface area (Å²) in [5.41, 5.74) is 1.36. The number of nitrogens with zero attached hydrogens (tertiary/aromatic N) is 1. The van der Waals surface area contributed by atoms with E-state index in [4.69, 9.17) is 0 Å². The van der Waals surface area contributed by atoms with Gasteiger partial charge in [0, 0.05) is 21.0 Å². The third-order valence-corrected chi connectivity index (χ3v) is 6.16. The molecule has 2 aliphatic rings. The molecule has 0 bridgehead atoms. The van der Waals surface area contributed by atoms with E-state index in [1.807, 2.05) is 12.1 Å². The number of halogens is 1. The van der Waals surface area contributed by atoms with Gasteiger partial charge in [0.1, 0.15) is 11.9 Å². The van der Waals surface area contributed by atoms with Crippen molar-refractivity contribution in [3.05, 3.63) is 29.6 Å². The molecule has 2 aliphatic heterocycles. The van der Waals surface area contributed by atoms with Crippen LogP contribution in [-0.4, -0.2) is 41.9 Å². The van der Waals surface area contributed by atoms with Gasteiger partial charge >= 0.3 is 0 Å². The van der Waals surface area contributed by atoms with Crippen molar-refractivity contribution in [3.63, 3.8) is 0 Å². The van der Waals surface area contributed by atoms with Crippen LogP contribution in [0.25, 0.3) is 0 Å². The number of benzene rings is 1. The molecule has 0 aromatic heterocycles. The van der Waals surface area contributed by atoms with Crippen molar-refractivity contribution >= 4 is 17.5 Å². The van der Waals surface area contributed by atoms with Gasteiger partial charge in [-0.05, 0) is 68.8 Å². The minimum absolute atomic E-state index is 0. The number of carbonyl (C=O) groups excluding carboxylic acids is 2. The Balaban J connectivity index is 0.00000225. The fourth-order valence-electron chi connectivity index (χ4n) is 4.53. The summed E-state index contributed by atoms with van der Waals surface area (Å²) in [6.45, 7) is 6.53. The first kappa shape index (κ1) is 20.8. The molecule has 2 fully saturated rings. The van der Waals surface area contributed by atoms with Gasteiger partial charge in [0.2, 0.25) is 11.8 Å². The summed E-state index contributed by atoms with van der Waals surface area (Å²) in [6.07, 6.45) is 6.31. The van der Waals surface area contributed by atoms with E-state index in [1.165, 1.54) is 25.3 Å². The highest BCUT2D eigenvalue weighted by atomic mass is 19.1. The second kappa shape index (κ2) is 9.50. The Morgan fingerprint density at radius 2 is 2.00 bits per heavy atom. The number of likely N-dealkylation sites (tertiary alicyclic amines) is 1. The van der Waals surface area contributed by atoms with Crippen LogP contribution in [0.4, 0.5) is 10.1 Å². The van der Waals surface area contributed by atoms with Crippen LogP contribution < -0.4 is 10.6 Å². The molecular formula is C22H36FN3O2. The molecule has 0 spiro atoms. The van der Waals surface area contributed by atoms with E-state index >= 15 is 0 Å². The second-order valence-electron chi connectivity index (χ2n) is 8.05. The monoisotopic (exact) mass is 393 g/mol. The maximum absolute atomic E-state index is 14.8. The number of carbonyl (C=O) groups is 2. The van der Waals surface area contributed by atoms with E-state index in [0.717, 1.165) is 31.5 Å². The molecule has 2 N–H and O–H groups in total. The molecule has 3 rings (SSSR count). The zero-order valence-electron chi connectivity index (χ0n) is 17.0. The molecule has 28 heavy (non-hydrogen) atoms. The van der Waals surface area contributed by atoms with Crippen molar-refractivity contribution in [3.8, 4) is 0 Å². The molecule has 158 valence electrons. The number of amides is 2. The van der Waals surface area contributed by atoms with E-state index in [2.05, 4.69) is 29.4 Å². The first-order valence-corrected chi connectivity index (χ1v) is 10.7. The van der Waals surface area contributed by atoms with Gasteiger partial charge in [-0.15, -0.1) is 0 Å². The smallest absolute Gasteiger partial charge is 0.249 e. The first-order valence-electron chi connectivity index (χ1n) is 10.7. The zero-order chi connectivity index (χ0) is 20.1. The molecule has 0 radical (unpaired) electrons. The van der Waals surface area contributed by atoms with Crippen molar-refractivity contribution in [2.45, 2.75) is 76.8 Å². The van der Waals surface area contributed by atoms with Crippen molar-refractivity contribution in [1.82, 2.24) is 10.2 Å². The maximum Gasteiger partial charge on any atom is 0.249 e. The average Bonchev–Trinajstić information content (AvgIpc) is 2.69. The minimum Gasteiger partial charge on any atom is -0.374 e. The molecule has 0 saturated carbocycles. The molecule has 6 heteroatoms. The molecule has 1 aromatic rings. The normalized spacial score (nSPS) is 22.8. The van der Waals surface area contributed by atoms with E-state index in [-0.39, 0.29) is 26.4 Å². The lowest BCUT2D eigenvalue weighted by molar-refractivity contribution is -0.133. The van der Waals surface area contributed by atoms with Gasteiger partial charge < -0.3 is 10.2 Å². The Hall–Kier alpha value is -1.95. The predicted octanol–water partition coefficient (Wildman–Crippen LogP) is 4.29. The Labute approximate surface area is 170 Å². The van der Waals surface area contributed by atoms with Crippen LogP contribution in [0.3, 0.4) is 0 Å². The summed E-state index contributed by atoms with van der Waals surface area (Å²) in [7, 11) is 0. The van der Waals surface area contributed by atoms with E-state index in [0.29, 0.717) is 24.6 Å². The summed E-state index contributed by atoms with van der Waals surface area (Å²) >= 11 is 0. The predicted molar refractivity (Wildman–Crippen MR) is 113 cm³/mol. The summed E-state index contributed by atoms with van der Waals surface area (Å²) in [4.78, 5) is 25.7. The fourth-order valence-corrected chi connectivity index (χ4v) is 4.53. The Morgan fingerprint density at radius 3 is 2.61 bits per heavy atom. The largest absolute Gasteiger partial charge is 0.374 e. The van der Waals surface area contributed by atoms with Crippen molar-refractivity contribution < 1.29 is 16.8 Å². The van der Waals surface area contributed by atoms with Crippen LogP contribution in [0.1, 0.15) is 73.1 Å². The van der Waals surface area contributed by atoms with Crippen LogP contribution >= 0.6 is 0 Å². The zero-order valence-corrected chi connectivity index (χ0v) is 17.0. The number of imide groups is 1. The second-order valence-corrected chi connectivity index (χ2v) is 8.05. The minimum atomic E-state index is -0.490. The number of rotatable bonds is 7. The van der Waals surface area contributed by atoms with Crippen molar-refractivity contribution in [2.75, 3.05) is 18.4 Å². The maximum atomic E-state index is 14.8. The van der Waals surface area contributed by atoms with Gasteiger partial charge in [-0.25, -0.2) is 4.39 Å². The molecule has 5 nitrogen and oxygen atoms in total. The summed E-state index contributed by atoms with van der Waals surface area (Å²) in [5.74, 6) is -0.554. The molecule has 2 amide bonds. The van der Waals surface area contributed by atoms with Crippen molar-refractivity contribution in [1.29, 1.82) is 0 Å². The average molecular weight is 394 g/mol. The standard InChI is InChI=1S/C22H32FN3O2.2H2/c1-3-5-17(4-2)26-12-10-15(11-13-26)18-7-6-16(14-19(18)23)24-20-8-9-21(27)25-22(20)28;;/h6-7,14-15,17,20,24H,3-5,8-13H2,1-2H3,(H,25,27,28);2*1H/t17-,20?;;/m0../s1. The number of anilines is 1. The third kappa shape index (κ3) is 4.90. The summed E-state index contributed by atoms with van der Waals surface area (Å²) in [5, 5.41) is 5.37. The Morgan fingerprint density at radius 1 is 1.25 bits per heavy atom. The lowest BCUT2D eigenvalue weighted by atomic mass is 9.87. The summed E-state index contributed by atoms with van der Waals surface area (Å²) in [6, 6.07) is 5.34. The highest BCUT2D eigenvalue weighted by Gasteiger charge is 2.28. The molecule has 1 aromatic carbocycles. The van der Waals surface area contributed by atoms with Crippen LogP contribution in [0.5, 0.6) is 0 Å². The molecule has 1 unspecified atom stereocenters. The SMILES string of the molecule is CCC[C@H](CC)N1CCC(c2ccc(NC3CCC(=O)NC3=O)cc2F)CC1.[HH].[HH]. The van der Waals surface area contributed by atoms with E-state index in [1.54, 1.807) is 0 Å². The lowest BCUT2D eigenvalue weighted by Crippen LogP contribution is -2.47. The number of hydrogen-bond acceptors (Lipinski definition) is 4. The number of nitrogens with one attached hydrogen (secondary N) is 2. The van der Waals surface area contributed by atoms with Crippen LogP contribution in [0.15, 0.2) is 18.2 Å². The highest BCUT2D eigenvalue weighted by molar-refractivity contribution is 6.01. The van der Waals surface area contributed by atoms with Gasteiger partial charge in [0.25, 0.3) is 0 Å². The topological polar surface area (TPSA) is 61.4 Å². The highest BCUT2D eigenvalue weighted by Crippen LogP contribution is 2.32. The van der Waals surface area contributed by atoms with Gasteiger partial charge in [0.05, 0.1) is 0 Å². The van der Waals surface area contributed by atoms with Crippen LogP contribution in [0.2, 0.25) is 0 Å². The van der Waals surface area contributed by atoms with Gasteiger partial charge in [-0.1, -0.05) is 26.3 Å².